The molecule has 4 atom stereocenters. The second-order valence-corrected chi connectivity index (χ2v) is 5.02. The van der Waals surface area contributed by atoms with Gasteiger partial charge in [-0.25, -0.2) is 4.98 Å². The minimum atomic E-state index is -1.64. The van der Waals surface area contributed by atoms with E-state index in [4.69, 9.17) is 9.84 Å². The van der Waals surface area contributed by atoms with Gasteiger partial charge in [-0.2, -0.15) is 9.37 Å². The highest BCUT2D eigenvalue weighted by Gasteiger charge is 2.53. The highest BCUT2D eigenvalue weighted by molar-refractivity contribution is 5.74. The van der Waals surface area contributed by atoms with E-state index in [1.165, 1.54) is 17.7 Å². The molecule has 0 unspecified atom stereocenters. The van der Waals surface area contributed by atoms with E-state index in [-0.39, 0.29) is 5.65 Å². The molecule has 0 spiro atoms. The van der Waals surface area contributed by atoms with Gasteiger partial charge in [0.15, 0.2) is 6.23 Å². The fourth-order valence-corrected chi connectivity index (χ4v) is 2.50. The second kappa shape index (κ2) is 4.45. The Balaban J connectivity index is 2.09. The van der Waals surface area contributed by atoms with Gasteiger partial charge >= 0.3 is 6.08 Å². The molecule has 3 N–H and O–H groups in total. The summed E-state index contributed by atoms with van der Waals surface area (Å²) in [6, 6.07) is 1.65. The van der Waals surface area contributed by atoms with E-state index in [1.54, 1.807) is 12.3 Å². The quantitative estimate of drug-likeness (QED) is 0.647. The van der Waals surface area contributed by atoms with E-state index in [0.717, 1.165) is 0 Å². The summed E-state index contributed by atoms with van der Waals surface area (Å²) < 4.78 is 20.0. The smallest absolute Gasteiger partial charge is 0.310 e. The van der Waals surface area contributed by atoms with E-state index < -0.39 is 36.7 Å². The summed E-state index contributed by atoms with van der Waals surface area (Å²) in [5.74, 6) is 0. The second-order valence-electron chi connectivity index (χ2n) is 5.02. The molecule has 0 bridgehead atoms. The van der Waals surface area contributed by atoms with Crippen molar-refractivity contribution in [2.45, 2.75) is 31.0 Å². The molecule has 0 radical (unpaired) electrons. The average molecular weight is 283 g/mol. The molecule has 2 aromatic heterocycles. The number of hydrogen-bond acceptors (Lipinski definition) is 6. The molecule has 0 saturated carbocycles. The Morgan fingerprint density at radius 3 is 2.95 bits per heavy atom. The topological polar surface area (TPSA) is 101 Å². The van der Waals surface area contributed by atoms with Crippen molar-refractivity contribution in [1.82, 2.24) is 14.5 Å². The third-order valence-electron chi connectivity index (χ3n) is 3.61. The maximum atomic E-state index is 13.2. The first-order chi connectivity index (χ1) is 9.45. The van der Waals surface area contributed by atoms with Gasteiger partial charge in [-0.05, 0) is 13.0 Å². The Morgan fingerprint density at radius 1 is 1.55 bits per heavy atom. The van der Waals surface area contributed by atoms with Gasteiger partial charge in [0.2, 0.25) is 0 Å². The van der Waals surface area contributed by atoms with E-state index in [9.17, 15) is 14.6 Å². The molecule has 20 heavy (non-hydrogen) atoms. The molecule has 0 amide bonds. The zero-order valence-corrected chi connectivity index (χ0v) is 10.6. The van der Waals surface area contributed by atoms with Crippen molar-refractivity contribution in [3.63, 3.8) is 0 Å². The third kappa shape index (κ3) is 1.80. The Bertz CT molecular complexity index is 645. The van der Waals surface area contributed by atoms with Gasteiger partial charge in [0, 0.05) is 17.8 Å². The van der Waals surface area contributed by atoms with Crippen LogP contribution in [0.4, 0.5) is 4.39 Å². The van der Waals surface area contributed by atoms with Crippen LogP contribution in [0.1, 0.15) is 13.2 Å². The summed E-state index contributed by atoms with van der Waals surface area (Å²) in [4.78, 5) is 7.12. The molecular weight excluding hydrogens is 269 g/mol. The summed E-state index contributed by atoms with van der Waals surface area (Å²) in [6.07, 6.45) is -1.18. The summed E-state index contributed by atoms with van der Waals surface area (Å²) in [5.41, 5.74) is -1.39. The van der Waals surface area contributed by atoms with E-state index in [1.807, 2.05) is 0 Å². The van der Waals surface area contributed by atoms with E-state index in [2.05, 4.69) is 9.97 Å². The highest BCUT2D eigenvalue weighted by atomic mass is 19.1. The predicted molar refractivity (Wildman–Crippen MR) is 65.1 cm³/mol. The lowest BCUT2D eigenvalue weighted by Gasteiger charge is -2.27. The number of rotatable bonds is 2. The van der Waals surface area contributed by atoms with Crippen molar-refractivity contribution >= 4 is 11.0 Å². The van der Waals surface area contributed by atoms with E-state index in [0.29, 0.717) is 5.39 Å². The van der Waals surface area contributed by atoms with Crippen molar-refractivity contribution < 1.29 is 24.4 Å². The number of nitrogens with zero attached hydrogens (tertiary/aromatic N) is 3. The Hall–Kier alpha value is -1.61. The number of ether oxygens (including phenoxy) is 1. The number of hydrogen-bond donors (Lipinski definition) is 3. The summed E-state index contributed by atoms with van der Waals surface area (Å²) in [5, 5.41) is 30.1. The zero-order valence-electron chi connectivity index (χ0n) is 10.6. The number of aliphatic hydroxyl groups excluding tert-OH is 2. The highest BCUT2D eigenvalue weighted by Crippen LogP contribution is 2.39. The van der Waals surface area contributed by atoms with Crippen molar-refractivity contribution in [3.8, 4) is 0 Å². The fourth-order valence-electron chi connectivity index (χ4n) is 2.50. The van der Waals surface area contributed by atoms with Crippen molar-refractivity contribution in [3.05, 3.63) is 24.5 Å². The minimum absolute atomic E-state index is 0.244. The zero-order chi connectivity index (χ0) is 14.5. The van der Waals surface area contributed by atoms with Crippen molar-refractivity contribution in [2.24, 2.45) is 0 Å². The van der Waals surface area contributed by atoms with Crippen LogP contribution in [0.15, 0.2) is 18.5 Å². The molecule has 0 aromatic carbocycles. The molecule has 3 rings (SSSR count). The van der Waals surface area contributed by atoms with Gasteiger partial charge in [-0.3, -0.25) is 0 Å². The van der Waals surface area contributed by atoms with Gasteiger partial charge in [-0.1, -0.05) is 0 Å². The van der Waals surface area contributed by atoms with Crippen LogP contribution in [0.3, 0.4) is 0 Å². The van der Waals surface area contributed by atoms with Gasteiger partial charge in [0.05, 0.1) is 6.61 Å². The molecule has 1 saturated heterocycles. The number of aromatic nitrogens is 3. The van der Waals surface area contributed by atoms with Crippen LogP contribution in [0.5, 0.6) is 0 Å². The normalized spacial score (nSPS) is 34.0. The first-order valence-electron chi connectivity index (χ1n) is 6.11. The van der Waals surface area contributed by atoms with E-state index >= 15 is 0 Å². The maximum Gasteiger partial charge on any atom is 0.310 e. The van der Waals surface area contributed by atoms with Gasteiger partial charge in [0.25, 0.3) is 0 Å². The molecule has 3 heterocycles. The number of aliphatic hydroxyl groups is 3. The number of halogens is 1. The molecule has 108 valence electrons. The fraction of sp³-hybridized carbons (Fsp3) is 0.500. The standard InChI is InChI=1S/C12H14FN3O4/c1-12(19)8(18)7(5-17)20-10(12)16-3-2-6-4-14-11(13)15-9(6)16/h2-4,7-8,10,17-19H,5H2,1H3/t7-,8-,10-,12-/m1/s1. The lowest BCUT2D eigenvalue weighted by Crippen LogP contribution is -2.44. The summed E-state index contributed by atoms with van der Waals surface area (Å²) in [7, 11) is 0. The van der Waals surface area contributed by atoms with Crippen molar-refractivity contribution in [2.75, 3.05) is 6.61 Å². The van der Waals surface area contributed by atoms with Crippen LogP contribution in [0, 0.1) is 6.08 Å². The molecule has 2 aromatic rings. The minimum Gasteiger partial charge on any atom is -0.394 e. The lowest BCUT2D eigenvalue weighted by molar-refractivity contribution is -0.0948. The predicted octanol–water partition coefficient (Wildman–Crippen LogP) is -0.428. The Kier molecular flexibility index (Phi) is 2.98. The third-order valence-corrected chi connectivity index (χ3v) is 3.61. The molecular formula is C12H14FN3O4. The monoisotopic (exact) mass is 283 g/mol. The number of fused-ring (bicyclic) bond motifs is 1. The maximum absolute atomic E-state index is 13.2. The van der Waals surface area contributed by atoms with Crippen molar-refractivity contribution in [1.29, 1.82) is 0 Å². The Labute approximate surface area is 113 Å². The van der Waals surface area contributed by atoms with Gasteiger partial charge in [0.1, 0.15) is 23.5 Å². The van der Waals surface area contributed by atoms with Crippen LogP contribution < -0.4 is 0 Å². The van der Waals surface area contributed by atoms with Gasteiger partial charge < -0.3 is 24.6 Å². The SMILES string of the molecule is C[C@@]1(O)[C@H](O)[C@@H](CO)O[C@H]1n1ccc2cnc(F)nc21. The molecule has 1 aliphatic heterocycles. The molecule has 8 heteroatoms. The first-order valence-corrected chi connectivity index (χ1v) is 6.11. The van der Waals surface area contributed by atoms with Crippen LogP contribution >= 0.6 is 0 Å². The van der Waals surface area contributed by atoms with Gasteiger partial charge in [-0.15, -0.1) is 0 Å². The molecule has 1 fully saturated rings. The van der Waals surface area contributed by atoms with Crippen LogP contribution in [0.25, 0.3) is 11.0 Å². The molecule has 7 nitrogen and oxygen atoms in total. The lowest BCUT2D eigenvalue weighted by atomic mass is 9.96. The average Bonchev–Trinajstić information content (AvgIpc) is 2.90. The van der Waals surface area contributed by atoms with Crippen LogP contribution in [0.2, 0.25) is 0 Å². The summed E-state index contributed by atoms with van der Waals surface area (Å²) >= 11 is 0. The van der Waals surface area contributed by atoms with Crippen LogP contribution in [-0.4, -0.2) is 54.3 Å². The molecule has 0 aliphatic carbocycles. The first kappa shape index (κ1) is 13.4. The van der Waals surface area contributed by atoms with Crippen LogP contribution in [-0.2, 0) is 4.74 Å². The molecule has 1 aliphatic rings. The largest absolute Gasteiger partial charge is 0.394 e. The summed E-state index contributed by atoms with van der Waals surface area (Å²) in [6.45, 7) is 0.956. The Morgan fingerprint density at radius 2 is 2.30 bits per heavy atom.